The van der Waals surface area contributed by atoms with E-state index in [-0.39, 0.29) is 30.3 Å². The van der Waals surface area contributed by atoms with Crippen molar-refractivity contribution >= 4 is 17.5 Å². The number of fused-ring (bicyclic) bond motifs is 1. The second-order valence-electron chi connectivity index (χ2n) is 6.24. The summed E-state index contributed by atoms with van der Waals surface area (Å²) in [5.74, 6) is -0.562. The highest BCUT2D eigenvalue weighted by Crippen LogP contribution is 2.45. The number of carbonyl (C=O) groups excluding carboxylic acids is 2. The Hall–Kier alpha value is -1.88. The lowest BCUT2D eigenvalue weighted by Crippen LogP contribution is -2.35. The summed E-state index contributed by atoms with van der Waals surface area (Å²) >= 11 is 0. The lowest BCUT2D eigenvalue weighted by Gasteiger charge is -2.23. The molecule has 21 heavy (non-hydrogen) atoms. The SMILES string of the molecule is CN(CC1(CO)CC1)C(=O)CC1C(=O)Nc2ccccc21. The van der Waals surface area contributed by atoms with Gasteiger partial charge in [-0.3, -0.25) is 9.59 Å². The van der Waals surface area contributed by atoms with Crippen LogP contribution in [0.15, 0.2) is 24.3 Å². The second kappa shape index (κ2) is 5.15. The predicted molar refractivity (Wildman–Crippen MR) is 78.8 cm³/mol. The quantitative estimate of drug-likeness (QED) is 0.859. The molecule has 0 aromatic heterocycles. The van der Waals surface area contributed by atoms with Crippen LogP contribution in [0.1, 0.15) is 30.7 Å². The number of hydrogen-bond acceptors (Lipinski definition) is 3. The third-order valence-corrected chi connectivity index (χ3v) is 4.58. The summed E-state index contributed by atoms with van der Waals surface area (Å²) in [4.78, 5) is 26.0. The van der Waals surface area contributed by atoms with Crippen molar-refractivity contribution in [3.8, 4) is 0 Å². The van der Waals surface area contributed by atoms with Crippen LogP contribution in [0.5, 0.6) is 0 Å². The average molecular weight is 288 g/mol. The number of aliphatic hydroxyl groups is 1. The van der Waals surface area contributed by atoms with Crippen LogP contribution >= 0.6 is 0 Å². The Morgan fingerprint density at radius 2 is 2.14 bits per heavy atom. The van der Waals surface area contributed by atoms with Crippen molar-refractivity contribution in [3.05, 3.63) is 29.8 Å². The Bertz CT molecular complexity index is 581. The molecule has 112 valence electrons. The molecular weight excluding hydrogens is 268 g/mol. The second-order valence-corrected chi connectivity index (χ2v) is 6.24. The first-order valence-corrected chi connectivity index (χ1v) is 7.29. The van der Waals surface area contributed by atoms with Crippen molar-refractivity contribution in [2.45, 2.75) is 25.2 Å². The average Bonchev–Trinajstić information content (AvgIpc) is 3.18. The maximum absolute atomic E-state index is 12.3. The van der Waals surface area contributed by atoms with Gasteiger partial charge in [0.1, 0.15) is 0 Å². The van der Waals surface area contributed by atoms with Crippen molar-refractivity contribution in [2.75, 3.05) is 25.5 Å². The molecule has 5 heteroatoms. The molecule has 1 unspecified atom stereocenters. The number of para-hydroxylation sites is 1. The van der Waals surface area contributed by atoms with Gasteiger partial charge in [0.2, 0.25) is 11.8 Å². The minimum absolute atomic E-state index is 0.0495. The van der Waals surface area contributed by atoms with Gasteiger partial charge in [-0.2, -0.15) is 0 Å². The van der Waals surface area contributed by atoms with E-state index in [4.69, 9.17) is 0 Å². The van der Waals surface area contributed by atoms with E-state index < -0.39 is 5.92 Å². The number of carbonyl (C=O) groups is 2. The summed E-state index contributed by atoms with van der Waals surface area (Å²) in [6, 6.07) is 7.49. The van der Waals surface area contributed by atoms with Crippen LogP contribution in [-0.4, -0.2) is 42.0 Å². The lowest BCUT2D eigenvalue weighted by atomic mass is 9.96. The maximum atomic E-state index is 12.3. The van der Waals surface area contributed by atoms with E-state index in [9.17, 15) is 14.7 Å². The largest absolute Gasteiger partial charge is 0.396 e. The molecule has 1 aliphatic carbocycles. The molecule has 1 aromatic rings. The summed E-state index contributed by atoms with van der Waals surface area (Å²) in [5.41, 5.74) is 1.60. The van der Waals surface area contributed by atoms with Crippen LogP contribution in [0.25, 0.3) is 0 Å². The van der Waals surface area contributed by atoms with Crippen LogP contribution in [0.3, 0.4) is 0 Å². The molecule has 1 heterocycles. The van der Waals surface area contributed by atoms with Gasteiger partial charge in [0.15, 0.2) is 0 Å². The summed E-state index contributed by atoms with van der Waals surface area (Å²) in [6.07, 6.45) is 2.11. The van der Waals surface area contributed by atoms with Gasteiger partial charge in [-0.15, -0.1) is 0 Å². The Morgan fingerprint density at radius 3 is 2.81 bits per heavy atom. The number of aliphatic hydroxyl groups excluding tert-OH is 1. The molecule has 2 aliphatic rings. The fourth-order valence-electron chi connectivity index (χ4n) is 2.94. The molecule has 3 rings (SSSR count). The standard InChI is InChI=1S/C16H20N2O3/c1-18(9-16(10-19)6-7-16)14(20)8-12-11-4-2-3-5-13(11)17-15(12)21/h2-5,12,19H,6-10H2,1H3,(H,17,21). The normalized spacial score (nSPS) is 21.6. The molecule has 0 bridgehead atoms. The van der Waals surface area contributed by atoms with Gasteiger partial charge in [-0.1, -0.05) is 18.2 Å². The van der Waals surface area contributed by atoms with Crippen molar-refractivity contribution in [1.82, 2.24) is 4.90 Å². The first-order valence-electron chi connectivity index (χ1n) is 7.29. The highest BCUT2D eigenvalue weighted by Gasteiger charge is 2.44. The molecule has 0 saturated heterocycles. The third-order valence-electron chi connectivity index (χ3n) is 4.58. The van der Waals surface area contributed by atoms with Crippen LogP contribution in [-0.2, 0) is 9.59 Å². The van der Waals surface area contributed by atoms with E-state index in [2.05, 4.69) is 5.32 Å². The number of benzene rings is 1. The number of nitrogens with zero attached hydrogens (tertiary/aromatic N) is 1. The Kier molecular flexibility index (Phi) is 3.45. The highest BCUT2D eigenvalue weighted by atomic mass is 16.3. The summed E-state index contributed by atoms with van der Waals surface area (Å²) in [6.45, 7) is 0.690. The number of amides is 2. The van der Waals surface area contributed by atoms with Crippen LogP contribution in [0, 0.1) is 5.41 Å². The van der Waals surface area contributed by atoms with E-state index in [1.807, 2.05) is 24.3 Å². The number of rotatable bonds is 5. The Morgan fingerprint density at radius 1 is 1.43 bits per heavy atom. The fraction of sp³-hybridized carbons (Fsp3) is 0.500. The van der Waals surface area contributed by atoms with Gasteiger partial charge in [-0.25, -0.2) is 0 Å². The van der Waals surface area contributed by atoms with Gasteiger partial charge >= 0.3 is 0 Å². The molecule has 2 amide bonds. The summed E-state index contributed by atoms with van der Waals surface area (Å²) in [5, 5.41) is 12.2. The number of nitrogens with one attached hydrogen (secondary N) is 1. The Balaban J connectivity index is 1.66. The van der Waals surface area contributed by atoms with Crippen molar-refractivity contribution in [3.63, 3.8) is 0 Å². The van der Waals surface area contributed by atoms with Gasteiger partial charge in [0.05, 0.1) is 12.5 Å². The van der Waals surface area contributed by atoms with Crippen molar-refractivity contribution in [1.29, 1.82) is 0 Å². The van der Waals surface area contributed by atoms with Gasteiger partial charge in [-0.05, 0) is 24.5 Å². The molecule has 1 atom stereocenters. The molecule has 1 fully saturated rings. The Labute approximate surface area is 123 Å². The molecule has 1 saturated carbocycles. The molecule has 2 N–H and O–H groups in total. The summed E-state index contributed by atoms with van der Waals surface area (Å²) in [7, 11) is 1.75. The van der Waals surface area contributed by atoms with Crippen LogP contribution < -0.4 is 5.32 Å². The zero-order valence-electron chi connectivity index (χ0n) is 12.1. The minimum Gasteiger partial charge on any atom is -0.396 e. The van der Waals surface area contributed by atoms with Gasteiger partial charge < -0.3 is 15.3 Å². The topological polar surface area (TPSA) is 69.6 Å². The van der Waals surface area contributed by atoms with Crippen LogP contribution in [0.4, 0.5) is 5.69 Å². The third kappa shape index (κ3) is 2.65. The fourth-order valence-corrected chi connectivity index (χ4v) is 2.94. The van der Waals surface area contributed by atoms with Gasteiger partial charge in [0.25, 0.3) is 0 Å². The first-order chi connectivity index (χ1) is 10.0. The van der Waals surface area contributed by atoms with Crippen molar-refractivity contribution < 1.29 is 14.7 Å². The van der Waals surface area contributed by atoms with E-state index in [0.717, 1.165) is 24.1 Å². The zero-order chi connectivity index (χ0) is 15.0. The van der Waals surface area contributed by atoms with Crippen LogP contribution in [0.2, 0.25) is 0 Å². The smallest absolute Gasteiger partial charge is 0.232 e. The molecule has 0 spiro atoms. The monoisotopic (exact) mass is 288 g/mol. The number of anilines is 1. The lowest BCUT2D eigenvalue weighted by molar-refractivity contribution is -0.133. The zero-order valence-corrected chi connectivity index (χ0v) is 12.1. The summed E-state index contributed by atoms with van der Waals surface area (Å²) < 4.78 is 0. The first kappa shape index (κ1) is 14.1. The predicted octanol–water partition coefficient (Wildman–Crippen LogP) is 1.34. The molecule has 1 aliphatic heterocycles. The molecule has 1 aromatic carbocycles. The van der Waals surface area contributed by atoms with Gasteiger partial charge in [0, 0.05) is 31.1 Å². The van der Waals surface area contributed by atoms with E-state index in [0.29, 0.717) is 6.54 Å². The number of hydrogen-bond donors (Lipinski definition) is 2. The van der Waals surface area contributed by atoms with Crippen molar-refractivity contribution in [2.24, 2.45) is 5.41 Å². The van der Waals surface area contributed by atoms with E-state index >= 15 is 0 Å². The maximum Gasteiger partial charge on any atom is 0.232 e. The molecular formula is C16H20N2O3. The molecule has 5 nitrogen and oxygen atoms in total. The van der Waals surface area contributed by atoms with E-state index in [1.54, 1.807) is 11.9 Å². The van der Waals surface area contributed by atoms with E-state index in [1.165, 1.54) is 0 Å². The molecule has 0 radical (unpaired) electrons. The minimum atomic E-state index is -0.402. The highest BCUT2D eigenvalue weighted by molar-refractivity contribution is 6.04.